The maximum atomic E-state index is 11.6. The largest absolute Gasteiger partial charge is 0.356 e. The molecule has 0 amide bonds. The van der Waals surface area contributed by atoms with Gasteiger partial charge in [-0.05, 0) is 25.3 Å². The van der Waals surface area contributed by atoms with Crippen LogP contribution in [-0.4, -0.2) is 53.1 Å². The lowest BCUT2D eigenvalue weighted by atomic mass is 10.3. The molecule has 1 aliphatic rings. The van der Waals surface area contributed by atoms with Crippen LogP contribution in [0.1, 0.15) is 26.2 Å². The van der Waals surface area contributed by atoms with Crippen LogP contribution in [0.5, 0.6) is 0 Å². The van der Waals surface area contributed by atoms with Crippen LogP contribution in [0.3, 0.4) is 0 Å². The molecule has 1 aromatic heterocycles. The minimum atomic E-state index is 0. The quantitative estimate of drug-likeness (QED) is 0.305. The summed E-state index contributed by atoms with van der Waals surface area (Å²) in [6, 6.07) is 5.30. The first-order chi connectivity index (χ1) is 11.2. The molecule has 1 aliphatic heterocycles. The topological polar surface area (TPSA) is 49.6 Å². The lowest BCUT2D eigenvalue weighted by molar-refractivity contribution is 0.407. The molecule has 1 atom stereocenters. The molecule has 0 aliphatic carbocycles. The van der Waals surface area contributed by atoms with Crippen molar-refractivity contribution in [3.05, 3.63) is 34.7 Å². The van der Waals surface area contributed by atoms with Crippen LogP contribution in [0.2, 0.25) is 0 Å². The number of hydrogen-bond acceptors (Lipinski definition) is 3. The van der Waals surface area contributed by atoms with E-state index in [0.29, 0.717) is 5.25 Å². The number of pyridine rings is 1. The molecule has 1 fully saturated rings. The number of nitrogens with zero attached hydrogens (tertiary/aromatic N) is 3. The number of aryl methyl sites for hydroxylation is 1. The highest BCUT2D eigenvalue weighted by Crippen LogP contribution is 2.20. The van der Waals surface area contributed by atoms with Gasteiger partial charge in [-0.15, -0.1) is 24.0 Å². The first-order valence-corrected chi connectivity index (χ1v) is 9.52. The number of nitrogens with one attached hydrogen (secondary N) is 1. The molecule has 1 unspecified atom stereocenters. The summed E-state index contributed by atoms with van der Waals surface area (Å²) >= 11 is 2.07. The number of halogens is 1. The Balaban J connectivity index is 0.00000288. The summed E-state index contributed by atoms with van der Waals surface area (Å²) in [4.78, 5) is 18.4. The second-order valence-electron chi connectivity index (χ2n) is 5.76. The Morgan fingerprint density at radius 3 is 2.96 bits per heavy atom. The van der Waals surface area contributed by atoms with Crippen LogP contribution in [0.25, 0.3) is 0 Å². The lowest BCUT2D eigenvalue weighted by Crippen LogP contribution is -2.48. The predicted octanol–water partition coefficient (Wildman–Crippen LogP) is 2.65. The van der Waals surface area contributed by atoms with Crippen LogP contribution >= 0.6 is 35.7 Å². The fourth-order valence-electron chi connectivity index (χ4n) is 2.74. The smallest absolute Gasteiger partial charge is 0.250 e. The van der Waals surface area contributed by atoms with Crippen LogP contribution < -0.4 is 10.9 Å². The standard InChI is InChI=1S/C17H28N4OS.HI/c1-3-15-14-21(12-13-23-15)17(18-2)19-9-5-7-11-20-10-6-4-8-16(20)22;/h4,6,8,10,15H,3,5,7,9,11-14H2,1-2H3,(H,18,19);1H. The van der Waals surface area contributed by atoms with Gasteiger partial charge in [-0.1, -0.05) is 13.0 Å². The predicted molar refractivity (Wildman–Crippen MR) is 115 cm³/mol. The minimum Gasteiger partial charge on any atom is -0.356 e. The molecule has 0 bridgehead atoms. The van der Waals surface area contributed by atoms with E-state index in [2.05, 4.69) is 33.9 Å². The molecule has 1 aromatic rings. The highest BCUT2D eigenvalue weighted by Gasteiger charge is 2.21. The SMILES string of the molecule is CCC1CN(C(=NC)NCCCCn2ccccc2=O)CCS1.I. The second-order valence-corrected chi connectivity index (χ2v) is 7.17. The van der Waals surface area contributed by atoms with E-state index in [1.165, 1.54) is 12.2 Å². The summed E-state index contributed by atoms with van der Waals surface area (Å²) in [6.07, 6.45) is 5.08. The number of rotatable bonds is 6. The average molecular weight is 464 g/mol. The number of unbranched alkanes of at least 4 members (excludes halogenated alkanes) is 1. The molecule has 136 valence electrons. The molecule has 0 saturated carbocycles. The number of aromatic nitrogens is 1. The molecule has 1 N–H and O–H groups in total. The van der Waals surface area contributed by atoms with E-state index >= 15 is 0 Å². The molecule has 2 heterocycles. The van der Waals surface area contributed by atoms with Crippen molar-refractivity contribution in [2.75, 3.05) is 32.4 Å². The van der Waals surface area contributed by atoms with Gasteiger partial charge in [0, 0.05) is 56.5 Å². The molecular formula is C17H29IN4OS. The van der Waals surface area contributed by atoms with Crippen molar-refractivity contribution in [2.24, 2.45) is 4.99 Å². The maximum absolute atomic E-state index is 11.6. The van der Waals surface area contributed by atoms with E-state index in [1.807, 2.05) is 19.3 Å². The van der Waals surface area contributed by atoms with Crippen molar-refractivity contribution < 1.29 is 0 Å². The van der Waals surface area contributed by atoms with E-state index in [-0.39, 0.29) is 29.5 Å². The van der Waals surface area contributed by atoms with Gasteiger partial charge in [-0.25, -0.2) is 0 Å². The van der Waals surface area contributed by atoms with Gasteiger partial charge in [0.25, 0.3) is 0 Å². The summed E-state index contributed by atoms with van der Waals surface area (Å²) in [7, 11) is 1.86. The number of aliphatic imine (C=N–C) groups is 1. The van der Waals surface area contributed by atoms with Crippen molar-refractivity contribution in [3.8, 4) is 0 Å². The van der Waals surface area contributed by atoms with E-state index in [0.717, 1.165) is 45.0 Å². The molecule has 7 heteroatoms. The molecule has 24 heavy (non-hydrogen) atoms. The summed E-state index contributed by atoms with van der Waals surface area (Å²) in [5.41, 5.74) is 0.0766. The Morgan fingerprint density at radius 2 is 2.25 bits per heavy atom. The van der Waals surface area contributed by atoms with E-state index in [4.69, 9.17) is 0 Å². The Morgan fingerprint density at radius 1 is 1.42 bits per heavy atom. The van der Waals surface area contributed by atoms with Gasteiger partial charge in [0.1, 0.15) is 0 Å². The lowest BCUT2D eigenvalue weighted by Gasteiger charge is -2.34. The fourth-order valence-corrected chi connectivity index (χ4v) is 3.92. The van der Waals surface area contributed by atoms with Crippen molar-refractivity contribution in [3.63, 3.8) is 0 Å². The van der Waals surface area contributed by atoms with Crippen LogP contribution in [-0.2, 0) is 6.54 Å². The minimum absolute atomic E-state index is 0. The van der Waals surface area contributed by atoms with Crippen LogP contribution in [0.4, 0.5) is 0 Å². The Labute approximate surface area is 166 Å². The summed E-state index contributed by atoms with van der Waals surface area (Å²) in [6.45, 7) is 6.08. The van der Waals surface area contributed by atoms with E-state index < -0.39 is 0 Å². The van der Waals surface area contributed by atoms with Gasteiger partial charge in [0.15, 0.2) is 5.96 Å². The zero-order valence-corrected chi connectivity index (χ0v) is 17.8. The average Bonchev–Trinajstić information content (AvgIpc) is 2.59. The Kier molecular flexibility index (Phi) is 10.5. The highest BCUT2D eigenvalue weighted by molar-refractivity contribution is 14.0. The Hall–Kier alpha value is -0.700. The second kappa shape index (κ2) is 11.8. The first-order valence-electron chi connectivity index (χ1n) is 8.47. The Bertz CT molecular complexity index is 564. The normalized spacial score (nSPS) is 18.2. The zero-order chi connectivity index (χ0) is 16.5. The van der Waals surface area contributed by atoms with Crippen LogP contribution in [0.15, 0.2) is 34.2 Å². The molecular weight excluding hydrogens is 435 g/mol. The molecule has 1 saturated heterocycles. The van der Waals surface area contributed by atoms with Crippen molar-refractivity contribution in [2.45, 2.75) is 38.0 Å². The molecule has 0 radical (unpaired) electrons. The number of hydrogen-bond donors (Lipinski definition) is 1. The molecule has 2 rings (SSSR count). The van der Waals surface area contributed by atoms with Gasteiger partial charge in [0.2, 0.25) is 5.56 Å². The van der Waals surface area contributed by atoms with Crippen molar-refractivity contribution >= 4 is 41.7 Å². The third-order valence-electron chi connectivity index (χ3n) is 4.11. The van der Waals surface area contributed by atoms with Gasteiger partial charge >= 0.3 is 0 Å². The maximum Gasteiger partial charge on any atom is 0.250 e. The molecule has 0 spiro atoms. The number of thioether (sulfide) groups is 1. The van der Waals surface area contributed by atoms with Gasteiger partial charge in [-0.2, -0.15) is 11.8 Å². The van der Waals surface area contributed by atoms with Crippen LogP contribution in [0, 0.1) is 0 Å². The van der Waals surface area contributed by atoms with Crippen molar-refractivity contribution in [1.82, 2.24) is 14.8 Å². The number of guanidine groups is 1. The summed E-state index contributed by atoms with van der Waals surface area (Å²) in [5, 5.41) is 4.18. The van der Waals surface area contributed by atoms with Gasteiger partial charge < -0.3 is 14.8 Å². The third-order valence-corrected chi connectivity index (χ3v) is 5.49. The first kappa shape index (κ1) is 21.3. The van der Waals surface area contributed by atoms with E-state index in [1.54, 1.807) is 16.7 Å². The van der Waals surface area contributed by atoms with Gasteiger partial charge in [0.05, 0.1) is 0 Å². The fraction of sp³-hybridized carbons (Fsp3) is 0.647. The summed E-state index contributed by atoms with van der Waals surface area (Å²) in [5.74, 6) is 2.19. The summed E-state index contributed by atoms with van der Waals surface area (Å²) < 4.78 is 1.77. The van der Waals surface area contributed by atoms with Crippen molar-refractivity contribution in [1.29, 1.82) is 0 Å². The third kappa shape index (κ3) is 6.66. The molecule has 5 nitrogen and oxygen atoms in total. The van der Waals surface area contributed by atoms with Gasteiger partial charge in [-0.3, -0.25) is 9.79 Å². The molecule has 0 aromatic carbocycles. The monoisotopic (exact) mass is 464 g/mol. The highest BCUT2D eigenvalue weighted by atomic mass is 127. The van der Waals surface area contributed by atoms with E-state index in [9.17, 15) is 4.79 Å². The zero-order valence-electron chi connectivity index (χ0n) is 14.6.